The number of para-hydroxylation sites is 1. The number of rotatable bonds is 2. The topological polar surface area (TPSA) is 61.9 Å². The molecule has 0 aromatic heterocycles. The van der Waals surface area contributed by atoms with Gasteiger partial charge in [0.1, 0.15) is 0 Å². The Hall–Kier alpha value is -2.08. The monoisotopic (exact) mass is 357 g/mol. The van der Waals surface area contributed by atoms with Gasteiger partial charge in [-0.3, -0.25) is 4.79 Å². The van der Waals surface area contributed by atoms with Gasteiger partial charge >= 0.3 is 6.03 Å². The lowest BCUT2D eigenvalue weighted by molar-refractivity contribution is -0.139. The highest BCUT2D eigenvalue weighted by Crippen LogP contribution is 2.45. The molecule has 26 heavy (non-hydrogen) atoms. The van der Waals surface area contributed by atoms with Crippen LogP contribution in [0.4, 0.5) is 10.5 Å². The fraction of sp³-hybridized carbons (Fsp3) is 0.600. The van der Waals surface area contributed by atoms with Gasteiger partial charge < -0.3 is 19.9 Å². The molecule has 1 spiro atoms. The van der Waals surface area contributed by atoms with Crippen molar-refractivity contribution < 1.29 is 14.3 Å². The van der Waals surface area contributed by atoms with Crippen LogP contribution in [0.25, 0.3) is 0 Å². The first-order valence-corrected chi connectivity index (χ1v) is 9.65. The Kier molecular flexibility index (Phi) is 4.85. The van der Waals surface area contributed by atoms with Crippen LogP contribution >= 0.6 is 0 Å². The number of hydrogen-bond acceptors (Lipinski definition) is 3. The minimum Gasteiger partial charge on any atom is -0.381 e. The van der Waals surface area contributed by atoms with Crippen molar-refractivity contribution in [3.63, 3.8) is 0 Å². The molecule has 3 aliphatic heterocycles. The van der Waals surface area contributed by atoms with E-state index in [1.807, 2.05) is 40.1 Å². The number of amides is 3. The van der Waals surface area contributed by atoms with Crippen molar-refractivity contribution in [3.8, 4) is 0 Å². The van der Waals surface area contributed by atoms with E-state index in [4.69, 9.17) is 4.74 Å². The average Bonchev–Trinajstić information content (AvgIpc) is 3.32. The lowest BCUT2D eigenvalue weighted by Gasteiger charge is -2.38. The molecule has 0 aliphatic carbocycles. The van der Waals surface area contributed by atoms with Gasteiger partial charge in [-0.25, -0.2) is 4.79 Å². The molecule has 1 aromatic rings. The van der Waals surface area contributed by atoms with Crippen LogP contribution in [0.1, 0.15) is 25.7 Å². The van der Waals surface area contributed by atoms with Gasteiger partial charge in [0.2, 0.25) is 5.91 Å². The van der Waals surface area contributed by atoms with Gasteiger partial charge in [-0.2, -0.15) is 0 Å². The van der Waals surface area contributed by atoms with Crippen LogP contribution in [-0.2, 0) is 9.53 Å². The first-order valence-electron chi connectivity index (χ1n) is 9.65. The third-order valence-electron chi connectivity index (χ3n) is 6.16. The third-order valence-corrected chi connectivity index (χ3v) is 6.16. The Balaban J connectivity index is 1.51. The largest absolute Gasteiger partial charge is 0.381 e. The number of carbonyl (C=O) groups is 2. The van der Waals surface area contributed by atoms with E-state index in [1.165, 1.54) is 0 Å². The number of nitrogens with one attached hydrogen (secondary N) is 1. The van der Waals surface area contributed by atoms with Crippen LogP contribution in [0.5, 0.6) is 0 Å². The minimum absolute atomic E-state index is 0.106. The minimum atomic E-state index is -0.133. The molecule has 140 valence electrons. The number of benzene rings is 1. The predicted octanol–water partition coefficient (Wildman–Crippen LogP) is 2.57. The van der Waals surface area contributed by atoms with Crippen LogP contribution < -0.4 is 5.32 Å². The SMILES string of the molecule is O=C(Nc1ccccc1)N1C[C@@H](C(=O)N2CCCC2)C2(CCOCC2)C1. The number of nitrogens with zero attached hydrogens (tertiary/aromatic N) is 2. The maximum atomic E-state index is 13.2. The highest BCUT2D eigenvalue weighted by atomic mass is 16.5. The molecule has 6 heteroatoms. The van der Waals surface area contributed by atoms with Gasteiger partial charge in [-0.1, -0.05) is 18.2 Å². The summed E-state index contributed by atoms with van der Waals surface area (Å²) in [5.41, 5.74) is 0.652. The maximum Gasteiger partial charge on any atom is 0.321 e. The Morgan fingerprint density at radius 3 is 2.42 bits per heavy atom. The molecule has 4 rings (SSSR count). The Labute approximate surface area is 154 Å². The molecule has 1 N–H and O–H groups in total. The molecule has 3 heterocycles. The second kappa shape index (κ2) is 7.27. The van der Waals surface area contributed by atoms with Gasteiger partial charge in [0.05, 0.1) is 5.92 Å². The summed E-state index contributed by atoms with van der Waals surface area (Å²) in [6.07, 6.45) is 3.89. The number of urea groups is 1. The summed E-state index contributed by atoms with van der Waals surface area (Å²) >= 11 is 0. The van der Waals surface area contributed by atoms with Crippen molar-refractivity contribution in [2.45, 2.75) is 25.7 Å². The van der Waals surface area contributed by atoms with Crippen molar-refractivity contribution in [1.29, 1.82) is 0 Å². The Morgan fingerprint density at radius 2 is 1.73 bits per heavy atom. The highest BCUT2D eigenvalue weighted by molar-refractivity contribution is 5.90. The maximum absolute atomic E-state index is 13.2. The van der Waals surface area contributed by atoms with E-state index in [-0.39, 0.29) is 23.3 Å². The zero-order valence-corrected chi connectivity index (χ0v) is 15.2. The smallest absolute Gasteiger partial charge is 0.321 e. The van der Waals surface area contributed by atoms with E-state index < -0.39 is 0 Å². The van der Waals surface area contributed by atoms with E-state index in [0.717, 1.165) is 44.5 Å². The quantitative estimate of drug-likeness (QED) is 0.885. The van der Waals surface area contributed by atoms with Crippen LogP contribution in [0.2, 0.25) is 0 Å². The lowest BCUT2D eigenvalue weighted by Crippen LogP contribution is -2.45. The number of hydrogen-bond donors (Lipinski definition) is 1. The predicted molar refractivity (Wildman–Crippen MR) is 98.8 cm³/mol. The number of anilines is 1. The molecule has 1 aromatic carbocycles. The fourth-order valence-corrected chi connectivity index (χ4v) is 4.63. The summed E-state index contributed by atoms with van der Waals surface area (Å²) in [7, 11) is 0. The van der Waals surface area contributed by atoms with Gasteiger partial charge in [-0.05, 0) is 37.8 Å². The van der Waals surface area contributed by atoms with Crippen molar-refractivity contribution in [2.75, 3.05) is 44.7 Å². The van der Waals surface area contributed by atoms with Crippen molar-refractivity contribution >= 4 is 17.6 Å². The molecule has 0 bridgehead atoms. The van der Waals surface area contributed by atoms with Crippen molar-refractivity contribution in [1.82, 2.24) is 9.80 Å². The summed E-state index contributed by atoms with van der Waals surface area (Å²) in [6, 6.07) is 9.38. The molecule has 1 atom stereocenters. The molecular weight excluding hydrogens is 330 g/mol. The van der Waals surface area contributed by atoms with E-state index in [1.54, 1.807) is 0 Å². The van der Waals surface area contributed by atoms with Gasteiger partial charge in [0.15, 0.2) is 0 Å². The second-order valence-corrected chi connectivity index (χ2v) is 7.74. The standard InChI is InChI=1S/C20H27N3O3/c24-18(22-10-4-5-11-22)17-14-23(15-20(17)8-12-26-13-9-20)19(25)21-16-6-2-1-3-7-16/h1-3,6-7,17H,4-5,8-15H2,(H,21,25)/t17-/m0/s1. The third kappa shape index (κ3) is 3.30. The average molecular weight is 357 g/mol. The van der Waals surface area contributed by atoms with E-state index in [2.05, 4.69) is 5.32 Å². The summed E-state index contributed by atoms with van der Waals surface area (Å²) in [5.74, 6) is 0.130. The van der Waals surface area contributed by atoms with Crippen LogP contribution in [0.15, 0.2) is 30.3 Å². The zero-order chi connectivity index (χ0) is 18.0. The van der Waals surface area contributed by atoms with Crippen LogP contribution in [0.3, 0.4) is 0 Å². The first kappa shape index (κ1) is 17.3. The van der Waals surface area contributed by atoms with E-state index in [0.29, 0.717) is 26.3 Å². The Bertz CT molecular complexity index is 652. The summed E-state index contributed by atoms with van der Waals surface area (Å²) in [5, 5.41) is 2.97. The van der Waals surface area contributed by atoms with Gasteiger partial charge in [0, 0.05) is 50.5 Å². The summed E-state index contributed by atoms with van der Waals surface area (Å²) in [6.45, 7) is 4.22. The molecule has 3 fully saturated rings. The molecule has 6 nitrogen and oxygen atoms in total. The zero-order valence-electron chi connectivity index (χ0n) is 15.2. The molecule has 3 aliphatic rings. The molecule has 0 radical (unpaired) electrons. The summed E-state index contributed by atoms with van der Waals surface area (Å²) in [4.78, 5) is 29.8. The van der Waals surface area contributed by atoms with Crippen LogP contribution in [0, 0.1) is 11.3 Å². The van der Waals surface area contributed by atoms with Gasteiger partial charge in [-0.15, -0.1) is 0 Å². The van der Waals surface area contributed by atoms with Crippen molar-refractivity contribution in [3.05, 3.63) is 30.3 Å². The molecule has 3 amide bonds. The normalized spacial score (nSPS) is 24.8. The van der Waals surface area contributed by atoms with Crippen LogP contribution in [-0.4, -0.2) is 61.1 Å². The molecule has 0 unspecified atom stereocenters. The summed E-state index contributed by atoms with van der Waals surface area (Å²) < 4.78 is 5.56. The highest BCUT2D eigenvalue weighted by Gasteiger charge is 2.52. The number of carbonyl (C=O) groups excluding carboxylic acids is 2. The number of ether oxygens (including phenoxy) is 1. The van der Waals surface area contributed by atoms with Crippen molar-refractivity contribution in [2.24, 2.45) is 11.3 Å². The number of likely N-dealkylation sites (tertiary alicyclic amines) is 2. The second-order valence-electron chi connectivity index (χ2n) is 7.74. The Morgan fingerprint density at radius 1 is 1.04 bits per heavy atom. The van der Waals surface area contributed by atoms with Gasteiger partial charge in [0.25, 0.3) is 0 Å². The fourth-order valence-electron chi connectivity index (χ4n) is 4.63. The lowest BCUT2D eigenvalue weighted by atomic mass is 9.71. The van der Waals surface area contributed by atoms with E-state index >= 15 is 0 Å². The molecular formula is C20H27N3O3. The van der Waals surface area contributed by atoms with E-state index in [9.17, 15) is 9.59 Å². The molecule has 0 saturated carbocycles. The molecule has 3 saturated heterocycles. The first-order chi connectivity index (χ1) is 12.7.